The van der Waals surface area contributed by atoms with Crippen LogP contribution in [0.2, 0.25) is 0 Å². The molecule has 2 N–H and O–H groups in total. The highest BCUT2D eigenvalue weighted by molar-refractivity contribution is 5.95. The monoisotopic (exact) mass is 287 g/mol. The number of aliphatic hydroxyl groups is 1. The molecule has 108 valence electrons. The summed E-state index contributed by atoms with van der Waals surface area (Å²) in [5.74, 6) is -5.54. The quantitative estimate of drug-likeness (QED) is 0.485. The molecule has 8 heteroatoms. The number of carboxylic acid groups (broad SMARTS) is 1. The average molecular weight is 287 g/mol. The van der Waals surface area contributed by atoms with E-state index < -0.39 is 29.3 Å². The first-order chi connectivity index (χ1) is 9.35. The zero-order valence-corrected chi connectivity index (χ0v) is 10.3. The second-order valence-electron chi connectivity index (χ2n) is 3.63. The van der Waals surface area contributed by atoms with E-state index in [2.05, 4.69) is 4.84 Å². The summed E-state index contributed by atoms with van der Waals surface area (Å²) < 4.78 is 26.1. The van der Waals surface area contributed by atoms with E-state index in [9.17, 15) is 18.4 Å². The zero-order chi connectivity index (χ0) is 15.3. The lowest BCUT2D eigenvalue weighted by molar-refractivity contribution is -0.173. The zero-order valence-electron chi connectivity index (χ0n) is 10.3. The molecule has 0 aliphatic rings. The van der Waals surface area contributed by atoms with Gasteiger partial charge < -0.3 is 10.2 Å². The maximum absolute atomic E-state index is 13.4. The van der Waals surface area contributed by atoms with E-state index in [-0.39, 0.29) is 12.1 Å². The van der Waals surface area contributed by atoms with Crippen LogP contribution in [0.25, 0.3) is 0 Å². The lowest BCUT2D eigenvalue weighted by Gasteiger charge is -2.18. The van der Waals surface area contributed by atoms with Crippen molar-refractivity contribution in [2.45, 2.75) is 6.54 Å². The Kier molecular flexibility index (Phi) is 5.15. The van der Waals surface area contributed by atoms with Crippen LogP contribution in [0.5, 0.6) is 0 Å². The number of carbonyl (C=O) groups excluding carboxylic acids is 1. The number of rotatable bonds is 5. The van der Waals surface area contributed by atoms with E-state index in [0.717, 1.165) is 19.2 Å². The summed E-state index contributed by atoms with van der Waals surface area (Å²) in [6.07, 6.45) is 0.410. The lowest BCUT2D eigenvalue weighted by Crippen LogP contribution is -2.29. The van der Waals surface area contributed by atoms with Crippen LogP contribution in [0.3, 0.4) is 0 Å². The summed E-state index contributed by atoms with van der Waals surface area (Å²) in [6.45, 7) is -0.384. The molecule has 1 aromatic rings. The predicted octanol–water partition coefficient (Wildman–Crippen LogP) is 1.38. The van der Waals surface area contributed by atoms with Gasteiger partial charge in [-0.1, -0.05) is 6.07 Å². The molecule has 0 bridgehead atoms. The van der Waals surface area contributed by atoms with Crippen molar-refractivity contribution in [3.8, 4) is 0 Å². The van der Waals surface area contributed by atoms with Crippen LogP contribution in [0.1, 0.15) is 5.56 Å². The van der Waals surface area contributed by atoms with Gasteiger partial charge >= 0.3 is 5.97 Å². The molecule has 0 saturated carbocycles. The van der Waals surface area contributed by atoms with Gasteiger partial charge in [-0.25, -0.2) is 18.6 Å². The van der Waals surface area contributed by atoms with E-state index in [1.807, 2.05) is 0 Å². The number of halogens is 2. The average Bonchev–Trinajstić information content (AvgIpc) is 2.37. The molecule has 0 aliphatic carbocycles. The third kappa shape index (κ3) is 4.02. The summed E-state index contributed by atoms with van der Waals surface area (Å²) in [6, 6.07) is 2.75. The third-order valence-corrected chi connectivity index (χ3v) is 2.27. The molecule has 1 amide bonds. The van der Waals surface area contributed by atoms with Crippen LogP contribution in [0.15, 0.2) is 30.0 Å². The number of hydroxylamine groups is 2. The second kappa shape index (κ2) is 6.62. The molecule has 0 spiro atoms. The van der Waals surface area contributed by atoms with Crippen molar-refractivity contribution in [2.75, 3.05) is 7.11 Å². The molecular formula is C12H11F2NO5. The van der Waals surface area contributed by atoms with Gasteiger partial charge in [-0.3, -0.25) is 9.63 Å². The Morgan fingerprint density at radius 3 is 2.50 bits per heavy atom. The second-order valence-corrected chi connectivity index (χ2v) is 3.63. The Morgan fingerprint density at radius 1 is 1.35 bits per heavy atom. The molecule has 6 nitrogen and oxygen atoms in total. The summed E-state index contributed by atoms with van der Waals surface area (Å²) in [4.78, 5) is 26.6. The molecular weight excluding hydrogens is 276 g/mol. The first-order valence-electron chi connectivity index (χ1n) is 5.28. The van der Waals surface area contributed by atoms with Crippen LogP contribution in [0.4, 0.5) is 8.78 Å². The minimum Gasteiger partial charge on any atom is -0.502 e. The molecule has 0 saturated heterocycles. The summed E-state index contributed by atoms with van der Waals surface area (Å²) in [5, 5.41) is 18.0. The molecule has 0 aliphatic heterocycles. The number of hydrogen-bond acceptors (Lipinski definition) is 4. The van der Waals surface area contributed by atoms with Crippen LogP contribution >= 0.6 is 0 Å². The van der Waals surface area contributed by atoms with Gasteiger partial charge in [0, 0.05) is 11.6 Å². The smallest absolute Gasteiger partial charge is 0.371 e. The van der Waals surface area contributed by atoms with E-state index >= 15 is 0 Å². The minimum atomic E-state index is -1.69. The fraction of sp³-hybridized carbons (Fsp3) is 0.167. The molecule has 0 atom stereocenters. The number of aliphatic hydroxyl groups excluding tert-OH is 1. The Morgan fingerprint density at radius 2 is 2.00 bits per heavy atom. The van der Waals surface area contributed by atoms with Gasteiger partial charge in [-0.15, -0.1) is 0 Å². The van der Waals surface area contributed by atoms with Gasteiger partial charge in [0.1, 0.15) is 11.6 Å². The maximum atomic E-state index is 13.4. The Hall–Kier alpha value is -2.48. The van der Waals surface area contributed by atoms with Crippen LogP contribution in [0, 0.1) is 11.6 Å². The largest absolute Gasteiger partial charge is 0.502 e. The highest BCUT2D eigenvalue weighted by Gasteiger charge is 2.17. The van der Waals surface area contributed by atoms with Crippen molar-refractivity contribution in [2.24, 2.45) is 0 Å². The van der Waals surface area contributed by atoms with Crippen LogP contribution in [-0.2, 0) is 21.0 Å². The fourth-order valence-electron chi connectivity index (χ4n) is 1.29. The lowest BCUT2D eigenvalue weighted by atomic mass is 10.2. The Balaban J connectivity index is 2.89. The van der Waals surface area contributed by atoms with Crippen LogP contribution < -0.4 is 0 Å². The Labute approximate surface area is 112 Å². The molecule has 0 heterocycles. The van der Waals surface area contributed by atoms with Crippen molar-refractivity contribution in [3.05, 3.63) is 47.2 Å². The molecule has 1 rings (SSSR count). The number of amides is 1. The summed E-state index contributed by atoms with van der Waals surface area (Å²) in [5.41, 5.74) is -0.0372. The minimum absolute atomic E-state index is 0.0372. The molecule has 0 radical (unpaired) electrons. The van der Waals surface area contributed by atoms with E-state index in [1.165, 1.54) is 0 Å². The number of aliphatic carboxylic acids is 1. The Bertz CT molecular complexity index is 559. The number of benzene rings is 1. The van der Waals surface area contributed by atoms with Crippen molar-refractivity contribution < 1.29 is 33.4 Å². The van der Waals surface area contributed by atoms with Gasteiger partial charge in [-0.05, 0) is 6.07 Å². The normalized spacial score (nSPS) is 11.2. The molecule has 0 fully saturated rings. The molecule has 0 unspecified atom stereocenters. The SMILES string of the molecule is CON(Cc1ccc(F)cc1F)C(=O)/C=C(\O)C(=O)O. The van der Waals surface area contributed by atoms with Gasteiger partial charge in [0.15, 0.2) is 0 Å². The highest BCUT2D eigenvalue weighted by atomic mass is 19.1. The first kappa shape index (κ1) is 15.6. The number of carboxylic acids is 1. The number of hydrogen-bond donors (Lipinski definition) is 2. The van der Waals surface area contributed by atoms with Gasteiger partial charge in [0.05, 0.1) is 19.7 Å². The number of carbonyl (C=O) groups is 2. The van der Waals surface area contributed by atoms with Crippen LogP contribution in [-0.4, -0.2) is 34.3 Å². The standard InChI is InChI=1S/C12H11F2NO5/c1-20-15(11(17)5-10(16)12(18)19)6-7-2-3-8(13)4-9(7)14/h2-5,16H,6H2,1H3,(H,18,19)/b10-5-. The van der Waals surface area contributed by atoms with Crippen molar-refractivity contribution in [1.82, 2.24) is 5.06 Å². The predicted molar refractivity (Wildman–Crippen MR) is 62.3 cm³/mol. The maximum Gasteiger partial charge on any atom is 0.371 e. The molecule has 20 heavy (non-hydrogen) atoms. The van der Waals surface area contributed by atoms with E-state index in [0.29, 0.717) is 17.2 Å². The van der Waals surface area contributed by atoms with Crippen molar-refractivity contribution >= 4 is 11.9 Å². The summed E-state index contributed by atoms with van der Waals surface area (Å²) in [7, 11) is 1.10. The van der Waals surface area contributed by atoms with Gasteiger partial charge in [-0.2, -0.15) is 0 Å². The highest BCUT2D eigenvalue weighted by Crippen LogP contribution is 2.13. The summed E-state index contributed by atoms with van der Waals surface area (Å²) >= 11 is 0. The number of nitrogens with zero attached hydrogens (tertiary/aromatic N) is 1. The third-order valence-electron chi connectivity index (χ3n) is 2.27. The van der Waals surface area contributed by atoms with Crippen molar-refractivity contribution in [1.29, 1.82) is 0 Å². The van der Waals surface area contributed by atoms with E-state index in [4.69, 9.17) is 10.2 Å². The molecule has 0 aromatic heterocycles. The first-order valence-corrected chi connectivity index (χ1v) is 5.28. The van der Waals surface area contributed by atoms with Gasteiger partial charge in [0.2, 0.25) is 5.76 Å². The van der Waals surface area contributed by atoms with Gasteiger partial charge in [0.25, 0.3) is 5.91 Å². The van der Waals surface area contributed by atoms with Crippen molar-refractivity contribution in [3.63, 3.8) is 0 Å². The van der Waals surface area contributed by atoms with E-state index in [1.54, 1.807) is 0 Å². The molecule has 1 aromatic carbocycles. The topological polar surface area (TPSA) is 87.1 Å². The fourth-order valence-corrected chi connectivity index (χ4v) is 1.29.